The fourth-order valence-corrected chi connectivity index (χ4v) is 1.69. The van der Waals surface area contributed by atoms with Gasteiger partial charge in [-0.3, -0.25) is 0 Å². The van der Waals surface area contributed by atoms with E-state index in [1.807, 2.05) is 6.92 Å². The fraction of sp³-hybridized carbons (Fsp3) is 0.154. The molecule has 0 fully saturated rings. The first-order valence-electron chi connectivity index (χ1n) is 5.87. The third-order valence-electron chi connectivity index (χ3n) is 2.67. The molecule has 7 heteroatoms. The van der Waals surface area contributed by atoms with Crippen LogP contribution in [0.1, 0.15) is 18.1 Å². The van der Waals surface area contributed by atoms with Crippen molar-refractivity contribution in [2.75, 3.05) is 5.43 Å². The van der Waals surface area contributed by atoms with E-state index >= 15 is 0 Å². The van der Waals surface area contributed by atoms with Crippen LogP contribution in [-0.4, -0.2) is 9.97 Å². The summed E-state index contributed by atoms with van der Waals surface area (Å²) in [6.45, 7) is 1.89. The van der Waals surface area contributed by atoms with E-state index in [0.29, 0.717) is 23.7 Å². The van der Waals surface area contributed by atoms with Crippen LogP contribution in [0.4, 0.5) is 10.2 Å². The molecule has 0 amide bonds. The standard InChI is InChI=1S/C13H12FN5O/c1-2-10-12(19-16)17-7-18-13(10)20-9-4-3-8(6-15)11(14)5-9/h3-5,7H,2,16H2,1H3,(H,17,18,19). The Balaban J connectivity index is 2.35. The maximum absolute atomic E-state index is 13.5. The Morgan fingerprint density at radius 2 is 2.25 bits per heavy atom. The molecule has 0 unspecified atom stereocenters. The van der Waals surface area contributed by atoms with Gasteiger partial charge in [-0.1, -0.05) is 6.92 Å². The number of nitriles is 1. The highest BCUT2D eigenvalue weighted by Gasteiger charge is 2.12. The summed E-state index contributed by atoms with van der Waals surface area (Å²) in [4.78, 5) is 7.98. The largest absolute Gasteiger partial charge is 0.438 e. The SMILES string of the molecule is CCc1c(NN)ncnc1Oc1ccc(C#N)c(F)c1. The number of ether oxygens (including phenoxy) is 1. The van der Waals surface area contributed by atoms with Gasteiger partial charge in [-0.25, -0.2) is 20.2 Å². The number of aromatic nitrogens is 2. The lowest BCUT2D eigenvalue weighted by Crippen LogP contribution is -2.12. The zero-order valence-electron chi connectivity index (χ0n) is 10.7. The quantitative estimate of drug-likeness (QED) is 0.654. The molecule has 0 saturated heterocycles. The van der Waals surface area contributed by atoms with E-state index in [2.05, 4.69) is 15.4 Å². The summed E-state index contributed by atoms with van der Waals surface area (Å²) in [5, 5.41) is 8.68. The highest BCUT2D eigenvalue weighted by molar-refractivity contribution is 5.49. The molecule has 6 nitrogen and oxygen atoms in total. The topological polar surface area (TPSA) is 96.8 Å². The molecule has 0 radical (unpaired) electrons. The van der Waals surface area contributed by atoms with Crippen molar-refractivity contribution in [1.29, 1.82) is 5.26 Å². The molecule has 3 N–H and O–H groups in total. The van der Waals surface area contributed by atoms with E-state index < -0.39 is 5.82 Å². The molecule has 102 valence electrons. The average molecular weight is 273 g/mol. The van der Waals surface area contributed by atoms with E-state index in [9.17, 15) is 4.39 Å². The number of hydrogen-bond donors (Lipinski definition) is 2. The van der Waals surface area contributed by atoms with Gasteiger partial charge < -0.3 is 10.2 Å². The van der Waals surface area contributed by atoms with Gasteiger partial charge in [-0.2, -0.15) is 5.26 Å². The number of nitrogens with zero attached hydrogens (tertiary/aromatic N) is 3. The molecule has 1 aromatic carbocycles. The molecular weight excluding hydrogens is 261 g/mol. The molecule has 0 saturated carbocycles. The van der Waals surface area contributed by atoms with Gasteiger partial charge in [-0.15, -0.1) is 0 Å². The first-order chi connectivity index (χ1) is 9.69. The van der Waals surface area contributed by atoms with Crippen LogP contribution in [0, 0.1) is 17.1 Å². The lowest BCUT2D eigenvalue weighted by molar-refractivity contribution is 0.451. The minimum Gasteiger partial charge on any atom is -0.438 e. The fourth-order valence-electron chi connectivity index (χ4n) is 1.69. The molecule has 2 rings (SSSR count). The van der Waals surface area contributed by atoms with E-state index in [4.69, 9.17) is 15.8 Å². The van der Waals surface area contributed by atoms with Gasteiger partial charge in [0, 0.05) is 6.07 Å². The molecule has 0 atom stereocenters. The molecule has 1 heterocycles. The van der Waals surface area contributed by atoms with Crippen LogP contribution in [0.15, 0.2) is 24.5 Å². The Bertz CT molecular complexity index is 668. The Morgan fingerprint density at radius 1 is 1.45 bits per heavy atom. The van der Waals surface area contributed by atoms with Crippen molar-refractivity contribution in [3.63, 3.8) is 0 Å². The summed E-state index contributed by atoms with van der Waals surface area (Å²) >= 11 is 0. The lowest BCUT2D eigenvalue weighted by atomic mass is 10.2. The summed E-state index contributed by atoms with van der Waals surface area (Å²) < 4.78 is 19.0. The maximum atomic E-state index is 13.5. The van der Waals surface area contributed by atoms with E-state index in [1.54, 1.807) is 6.07 Å². The van der Waals surface area contributed by atoms with Crippen LogP contribution in [0.2, 0.25) is 0 Å². The molecule has 2 aromatic rings. The van der Waals surface area contributed by atoms with Crippen molar-refractivity contribution in [2.24, 2.45) is 5.84 Å². The van der Waals surface area contributed by atoms with Crippen LogP contribution >= 0.6 is 0 Å². The number of hydrogen-bond acceptors (Lipinski definition) is 6. The average Bonchev–Trinajstić information content (AvgIpc) is 2.47. The number of nitrogens with two attached hydrogens (primary N) is 1. The highest BCUT2D eigenvalue weighted by Crippen LogP contribution is 2.27. The van der Waals surface area contributed by atoms with Gasteiger partial charge >= 0.3 is 0 Å². The smallest absolute Gasteiger partial charge is 0.227 e. The number of halogens is 1. The van der Waals surface area contributed by atoms with Gasteiger partial charge in [0.1, 0.15) is 29.8 Å². The molecular formula is C13H12FN5O. The van der Waals surface area contributed by atoms with Crippen molar-refractivity contribution in [2.45, 2.75) is 13.3 Å². The number of rotatable bonds is 4. The summed E-state index contributed by atoms with van der Waals surface area (Å²) in [7, 11) is 0. The lowest BCUT2D eigenvalue weighted by Gasteiger charge is -2.11. The summed E-state index contributed by atoms with van der Waals surface area (Å²) in [5.74, 6) is 5.70. The number of anilines is 1. The van der Waals surface area contributed by atoms with E-state index in [0.717, 1.165) is 6.07 Å². The van der Waals surface area contributed by atoms with E-state index in [-0.39, 0.29) is 11.3 Å². The van der Waals surface area contributed by atoms with Crippen LogP contribution in [0.25, 0.3) is 0 Å². The van der Waals surface area contributed by atoms with Gasteiger partial charge in [0.15, 0.2) is 0 Å². The highest BCUT2D eigenvalue weighted by atomic mass is 19.1. The molecule has 0 aliphatic carbocycles. The summed E-state index contributed by atoms with van der Waals surface area (Å²) in [6.07, 6.45) is 1.89. The summed E-state index contributed by atoms with van der Waals surface area (Å²) in [5.41, 5.74) is 3.09. The van der Waals surface area contributed by atoms with Crippen molar-refractivity contribution in [1.82, 2.24) is 9.97 Å². The molecule has 0 aliphatic rings. The normalized spacial score (nSPS) is 9.90. The Labute approximate surface area is 115 Å². The van der Waals surface area contributed by atoms with Crippen molar-refractivity contribution < 1.29 is 9.13 Å². The number of hydrazine groups is 1. The zero-order valence-corrected chi connectivity index (χ0v) is 10.7. The third-order valence-corrected chi connectivity index (χ3v) is 2.67. The van der Waals surface area contributed by atoms with Crippen LogP contribution in [0.5, 0.6) is 11.6 Å². The second kappa shape index (κ2) is 5.95. The molecule has 1 aromatic heterocycles. The molecule has 0 bridgehead atoms. The van der Waals surface area contributed by atoms with Crippen LogP contribution in [0.3, 0.4) is 0 Å². The van der Waals surface area contributed by atoms with Crippen molar-refractivity contribution in [3.8, 4) is 17.7 Å². The number of benzene rings is 1. The molecule has 20 heavy (non-hydrogen) atoms. The first-order valence-corrected chi connectivity index (χ1v) is 5.87. The predicted molar refractivity (Wildman–Crippen MR) is 70.4 cm³/mol. The second-order valence-corrected chi connectivity index (χ2v) is 3.86. The Kier molecular flexibility index (Phi) is 4.08. The van der Waals surface area contributed by atoms with Gasteiger partial charge in [0.2, 0.25) is 5.88 Å². The number of nitrogen functional groups attached to an aromatic ring is 1. The molecule has 0 spiro atoms. The minimum absolute atomic E-state index is 0.0416. The maximum Gasteiger partial charge on any atom is 0.227 e. The summed E-state index contributed by atoms with van der Waals surface area (Å²) in [6, 6.07) is 5.72. The Hall–Kier alpha value is -2.72. The van der Waals surface area contributed by atoms with Gasteiger partial charge in [0.05, 0.1) is 11.1 Å². The van der Waals surface area contributed by atoms with Crippen LogP contribution in [-0.2, 0) is 6.42 Å². The van der Waals surface area contributed by atoms with Crippen LogP contribution < -0.4 is 16.0 Å². The Morgan fingerprint density at radius 3 is 2.85 bits per heavy atom. The zero-order chi connectivity index (χ0) is 14.5. The minimum atomic E-state index is -0.644. The third kappa shape index (κ3) is 2.65. The van der Waals surface area contributed by atoms with Crippen molar-refractivity contribution >= 4 is 5.82 Å². The van der Waals surface area contributed by atoms with Crippen molar-refractivity contribution in [3.05, 3.63) is 41.5 Å². The molecule has 0 aliphatic heterocycles. The monoisotopic (exact) mass is 273 g/mol. The second-order valence-electron chi connectivity index (χ2n) is 3.86. The van der Waals surface area contributed by atoms with E-state index in [1.165, 1.54) is 18.5 Å². The number of nitrogens with one attached hydrogen (secondary N) is 1. The van der Waals surface area contributed by atoms with Gasteiger partial charge in [-0.05, 0) is 18.6 Å². The predicted octanol–water partition coefficient (Wildman–Crippen LogP) is 2.13. The first kappa shape index (κ1) is 13.7. The van der Waals surface area contributed by atoms with Gasteiger partial charge in [0.25, 0.3) is 0 Å².